The monoisotopic (exact) mass is 491 g/mol. The summed E-state index contributed by atoms with van der Waals surface area (Å²) in [5.74, 6) is -0.620. The molecule has 4 aromatic rings. The molecule has 0 saturated carbocycles. The molecule has 10 nitrogen and oxygen atoms in total. The molecule has 0 amide bonds. The van der Waals surface area contributed by atoms with Crippen LogP contribution in [0.25, 0.3) is 5.65 Å². The van der Waals surface area contributed by atoms with Gasteiger partial charge in [-0.25, -0.2) is 14.8 Å². The number of nitrogens with one attached hydrogen (secondary N) is 1. The number of rotatable bonds is 5. The second kappa shape index (κ2) is 8.62. The molecule has 0 aromatic carbocycles. The fourth-order valence-corrected chi connectivity index (χ4v) is 4.51. The number of fused-ring (bicyclic) bond motifs is 2. The van der Waals surface area contributed by atoms with Crippen LogP contribution < -0.4 is 15.8 Å². The Labute approximate surface area is 205 Å². The largest absolute Gasteiger partial charge is 0.476 e. The van der Waals surface area contributed by atoms with E-state index in [1.54, 1.807) is 36.0 Å². The van der Waals surface area contributed by atoms with Gasteiger partial charge < -0.3 is 15.3 Å². The van der Waals surface area contributed by atoms with Gasteiger partial charge in [-0.15, -0.1) is 0 Å². The maximum atomic E-state index is 13.4. The molecule has 5 rings (SSSR count). The van der Waals surface area contributed by atoms with E-state index in [0.29, 0.717) is 35.8 Å². The van der Waals surface area contributed by atoms with Crippen LogP contribution in [0.1, 0.15) is 51.5 Å². The van der Waals surface area contributed by atoms with Crippen LogP contribution in [0.4, 0.5) is 11.5 Å². The minimum Gasteiger partial charge on any atom is -0.476 e. The number of carboxylic acid groups (broad SMARTS) is 1. The molecular formula is C24H22ClN7O3. The van der Waals surface area contributed by atoms with Crippen molar-refractivity contribution in [2.75, 3.05) is 10.2 Å². The van der Waals surface area contributed by atoms with Gasteiger partial charge in [0.15, 0.2) is 5.69 Å². The van der Waals surface area contributed by atoms with Gasteiger partial charge in [-0.3, -0.25) is 19.2 Å². The second-order valence-electron chi connectivity index (χ2n) is 8.54. The fourth-order valence-electron chi connectivity index (χ4n) is 4.36. The maximum absolute atomic E-state index is 13.4. The number of aromatic nitrogens is 5. The second-order valence-corrected chi connectivity index (χ2v) is 8.93. The van der Waals surface area contributed by atoms with Crippen molar-refractivity contribution in [2.45, 2.75) is 39.9 Å². The van der Waals surface area contributed by atoms with Crippen molar-refractivity contribution in [2.24, 2.45) is 0 Å². The predicted octanol–water partition coefficient (Wildman–Crippen LogP) is 3.54. The van der Waals surface area contributed by atoms with Crippen molar-refractivity contribution in [3.63, 3.8) is 0 Å². The Bertz CT molecular complexity index is 1530. The first-order chi connectivity index (χ1) is 16.7. The van der Waals surface area contributed by atoms with Crippen LogP contribution in [-0.4, -0.2) is 35.4 Å². The van der Waals surface area contributed by atoms with Crippen LogP contribution >= 0.6 is 11.6 Å². The molecule has 11 heteroatoms. The molecule has 1 aliphatic heterocycles. The highest BCUT2D eigenvalue weighted by Crippen LogP contribution is 2.29. The van der Waals surface area contributed by atoms with E-state index in [0.717, 1.165) is 22.5 Å². The third kappa shape index (κ3) is 4.06. The summed E-state index contributed by atoms with van der Waals surface area (Å²) in [6.07, 6.45) is 5.07. The van der Waals surface area contributed by atoms with Gasteiger partial charge >= 0.3 is 5.97 Å². The Kier molecular flexibility index (Phi) is 5.60. The number of nitrogens with zero attached hydrogens (tertiary/aromatic N) is 6. The molecule has 0 bridgehead atoms. The van der Waals surface area contributed by atoms with E-state index >= 15 is 0 Å². The predicted molar refractivity (Wildman–Crippen MR) is 131 cm³/mol. The number of carbonyl (C=O) groups is 1. The van der Waals surface area contributed by atoms with Crippen LogP contribution in [0, 0.1) is 13.8 Å². The van der Waals surface area contributed by atoms with Crippen LogP contribution in [0.3, 0.4) is 0 Å². The van der Waals surface area contributed by atoms with Crippen LogP contribution in [0.15, 0.2) is 41.6 Å². The first-order valence-corrected chi connectivity index (χ1v) is 11.3. The van der Waals surface area contributed by atoms with Crippen molar-refractivity contribution in [3.8, 4) is 0 Å². The number of carboxylic acids is 1. The smallest absolute Gasteiger partial charge is 0.356 e. The van der Waals surface area contributed by atoms with Crippen molar-refractivity contribution in [1.29, 1.82) is 0 Å². The highest BCUT2D eigenvalue weighted by Gasteiger charge is 2.26. The molecule has 5 heterocycles. The van der Waals surface area contributed by atoms with Gasteiger partial charge in [-0.1, -0.05) is 11.6 Å². The van der Waals surface area contributed by atoms with Crippen molar-refractivity contribution in [3.05, 3.63) is 86.1 Å². The molecule has 4 aromatic heterocycles. The van der Waals surface area contributed by atoms with Gasteiger partial charge in [0.05, 0.1) is 41.8 Å². The number of aryl methyl sites for hydroxylation is 1. The van der Waals surface area contributed by atoms with Crippen LogP contribution in [0.2, 0.25) is 5.15 Å². The van der Waals surface area contributed by atoms with Crippen molar-refractivity contribution in [1.82, 2.24) is 24.3 Å². The van der Waals surface area contributed by atoms with Gasteiger partial charge in [-0.2, -0.15) is 0 Å². The summed E-state index contributed by atoms with van der Waals surface area (Å²) in [5.41, 5.74) is 4.31. The summed E-state index contributed by atoms with van der Waals surface area (Å²) < 4.78 is 1.54. The molecule has 35 heavy (non-hydrogen) atoms. The zero-order valence-corrected chi connectivity index (χ0v) is 20.0. The van der Waals surface area contributed by atoms with E-state index in [9.17, 15) is 14.7 Å². The third-order valence-corrected chi connectivity index (χ3v) is 6.24. The molecule has 0 fully saturated rings. The topological polar surface area (TPSA) is 126 Å². The average molecular weight is 492 g/mol. The molecule has 0 radical (unpaired) electrons. The van der Waals surface area contributed by atoms with Crippen LogP contribution in [0.5, 0.6) is 0 Å². The standard InChI is InChI=1S/C24H22ClN7O3/c1-12-8-15(14(3)28-16-4-5-19(25)29-20(16)24(34)35)22-30-21(13(2)23(33)32(22)9-12)31-10-17-18(11-31)27-7-6-26-17/h4-9,14,28H,10-11H2,1-3H3,(H,34,35)/t14-/m1/s1. The Morgan fingerprint density at radius 2 is 1.83 bits per heavy atom. The van der Waals surface area contributed by atoms with Gasteiger partial charge in [0.2, 0.25) is 0 Å². The lowest BCUT2D eigenvalue weighted by atomic mass is 10.1. The Morgan fingerprint density at radius 3 is 2.49 bits per heavy atom. The lowest BCUT2D eigenvalue weighted by molar-refractivity contribution is 0.0691. The highest BCUT2D eigenvalue weighted by atomic mass is 35.5. The summed E-state index contributed by atoms with van der Waals surface area (Å²) in [5, 5.41) is 12.8. The molecule has 0 spiro atoms. The summed E-state index contributed by atoms with van der Waals surface area (Å²) >= 11 is 5.89. The van der Waals surface area contributed by atoms with Gasteiger partial charge in [-0.05, 0) is 44.5 Å². The highest BCUT2D eigenvalue weighted by molar-refractivity contribution is 6.29. The van der Waals surface area contributed by atoms with Crippen molar-refractivity contribution < 1.29 is 9.90 Å². The molecule has 0 unspecified atom stereocenters. The van der Waals surface area contributed by atoms with E-state index < -0.39 is 12.0 Å². The zero-order valence-electron chi connectivity index (χ0n) is 19.3. The van der Waals surface area contributed by atoms with Gasteiger partial charge in [0, 0.05) is 24.2 Å². The van der Waals surface area contributed by atoms with E-state index in [2.05, 4.69) is 20.3 Å². The number of pyridine rings is 2. The Hall–Kier alpha value is -4.05. The summed E-state index contributed by atoms with van der Waals surface area (Å²) in [6.45, 7) is 6.57. The van der Waals surface area contributed by atoms with E-state index in [1.165, 1.54) is 6.07 Å². The molecule has 1 aliphatic rings. The Morgan fingerprint density at radius 1 is 1.14 bits per heavy atom. The molecule has 0 aliphatic carbocycles. The number of hydrogen-bond acceptors (Lipinski definition) is 8. The van der Waals surface area contributed by atoms with Gasteiger partial charge in [0.25, 0.3) is 5.56 Å². The average Bonchev–Trinajstić information content (AvgIpc) is 3.26. The molecule has 1 atom stereocenters. The maximum Gasteiger partial charge on any atom is 0.356 e. The van der Waals surface area contributed by atoms with Crippen molar-refractivity contribution >= 4 is 34.7 Å². The number of aromatic carboxylic acids is 1. The number of anilines is 2. The first-order valence-electron chi connectivity index (χ1n) is 11.0. The molecule has 2 N–H and O–H groups in total. The van der Waals surface area contributed by atoms with Gasteiger partial charge in [0.1, 0.15) is 16.6 Å². The van der Waals surface area contributed by atoms with E-state index in [4.69, 9.17) is 16.6 Å². The Balaban J connectivity index is 1.60. The van der Waals surface area contributed by atoms with Crippen LogP contribution in [-0.2, 0) is 13.1 Å². The summed E-state index contributed by atoms with van der Waals surface area (Å²) in [6, 6.07) is 4.63. The molecule has 178 valence electrons. The summed E-state index contributed by atoms with van der Waals surface area (Å²) in [7, 11) is 0. The minimum atomic E-state index is -1.20. The van der Waals surface area contributed by atoms with E-state index in [-0.39, 0.29) is 16.4 Å². The molecular weight excluding hydrogens is 470 g/mol. The minimum absolute atomic E-state index is 0.0885. The lowest BCUT2D eigenvalue weighted by Gasteiger charge is -2.22. The normalized spacial score (nSPS) is 13.7. The number of hydrogen-bond donors (Lipinski definition) is 2. The third-order valence-electron chi connectivity index (χ3n) is 6.03. The SMILES string of the molecule is Cc1cc([C@@H](C)Nc2ccc(Cl)nc2C(=O)O)c2nc(N3Cc4nccnc4C3)c(C)c(=O)n2c1. The molecule has 0 saturated heterocycles. The lowest BCUT2D eigenvalue weighted by Crippen LogP contribution is -2.27. The summed E-state index contributed by atoms with van der Waals surface area (Å²) in [4.78, 5) is 44.7. The fraction of sp³-hybridized carbons (Fsp3) is 0.250. The number of halogens is 1. The first kappa shape index (κ1) is 22.7. The quantitative estimate of drug-likeness (QED) is 0.403. The van der Waals surface area contributed by atoms with E-state index in [1.807, 2.05) is 24.8 Å². The zero-order chi connectivity index (χ0) is 24.9.